The maximum absolute atomic E-state index is 9.90. The van der Waals surface area contributed by atoms with Crippen molar-refractivity contribution in [1.29, 1.82) is 0 Å². The molecule has 0 amide bonds. The molecule has 4 atom stereocenters. The fourth-order valence-electron chi connectivity index (χ4n) is 0.741. The Morgan fingerprint density at radius 2 is 1.26 bits per heavy atom. The zero-order valence-corrected chi connectivity index (χ0v) is 17.6. The molecule has 5 N–H and O–H groups in total. The fraction of sp³-hybridized carbons (Fsp3) is 0.833. The van der Waals surface area contributed by atoms with Crippen molar-refractivity contribution >= 4 is 97.4 Å². The van der Waals surface area contributed by atoms with E-state index in [1.54, 1.807) is 0 Å². The maximum Gasteiger partial charge on any atom is 2.00 e. The molecule has 0 aliphatic carbocycles. The van der Waals surface area contributed by atoms with Crippen molar-refractivity contribution in [3.05, 3.63) is 0 Å². The molecule has 23 heavy (non-hydrogen) atoms. The van der Waals surface area contributed by atoms with Gasteiger partial charge in [0.2, 0.25) is 0 Å². The Bertz CT molecular complexity index is 376. The molecule has 0 aromatic rings. The Balaban J connectivity index is -0.000000149. The molecule has 0 heterocycles. The van der Waals surface area contributed by atoms with Gasteiger partial charge in [-0.2, -0.15) is 0 Å². The first kappa shape index (κ1) is 32.9. The van der Waals surface area contributed by atoms with E-state index < -0.39 is 46.7 Å². The zero-order valence-electron chi connectivity index (χ0n) is 11.4. The first-order valence-electron chi connectivity index (χ1n) is 4.79. The number of hydrogen-bond acceptors (Lipinski definition) is 13. The molecular formula is C6H12Ca2O13P2. The Kier molecular flexibility index (Phi) is 21.9. The Hall–Kier alpha value is 2.25. The monoisotopic (exact) mass is 434 g/mol. The summed E-state index contributed by atoms with van der Waals surface area (Å²) in [4.78, 5) is 47.2. The van der Waals surface area contributed by atoms with E-state index in [-0.39, 0.29) is 81.8 Å². The van der Waals surface area contributed by atoms with Gasteiger partial charge in [0.1, 0.15) is 24.4 Å². The summed E-state index contributed by atoms with van der Waals surface area (Å²) < 4.78 is 21.2. The number of aliphatic hydroxyl groups excluding tert-OH is 5. The molecule has 0 aliphatic rings. The van der Waals surface area contributed by atoms with Gasteiger partial charge in [0.15, 0.2) is 6.29 Å². The van der Waals surface area contributed by atoms with Crippen LogP contribution in [0.3, 0.4) is 0 Å². The summed E-state index contributed by atoms with van der Waals surface area (Å²) in [7, 11) is -11.4. The first-order valence-corrected chi connectivity index (χ1v) is 7.71. The van der Waals surface area contributed by atoms with Gasteiger partial charge in [-0.3, -0.25) is 0 Å². The van der Waals surface area contributed by atoms with Crippen LogP contribution in [0.1, 0.15) is 0 Å². The van der Waals surface area contributed by atoms with Crippen LogP contribution in [-0.2, 0) is 18.2 Å². The van der Waals surface area contributed by atoms with Crippen LogP contribution >= 0.6 is 15.6 Å². The van der Waals surface area contributed by atoms with Crippen LogP contribution < -0.4 is 19.6 Å². The van der Waals surface area contributed by atoms with Crippen molar-refractivity contribution in [3.63, 3.8) is 0 Å². The molecule has 0 aliphatic heterocycles. The second-order valence-corrected chi connectivity index (χ2v) is 5.78. The van der Waals surface area contributed by atoms with Crippen molar-refractivity contribution in [2.24, 2.45) is 0 Å². The number of aldehydes is 1. The minimum absolute atomic E-state index is 0. The number of aliphatic hydroxyl groups is 5. The van der Waals surface area contributed by atoms with Gasteiger partial charge < -0.3 is 63.3 Å². The molecule has 0 aromatic carbocycles. The summed E-state index contributed by atoms with van der Waals surface area (Å²) in [5.74, 6) is 0. The van der Waals surface area contributed by atoms with Crippen LogP contribution in [-0.4, -0.2) is 138 Å². The van der Waals surface area contributed by atoms with Gasteiger partial charge in [-0.1, -0.05) is 0 Å². The van der Waals surface area contributed by atoms with Gasteiger partial charge in [-0.05, 0) is 0 Å². The van der Waals surface area contributed by atoms with Gasteiger partial charge in [-0.15, -0.1) is 0 Å². The van der Waals surface area contributed by atoms with Gasteiger partial charge in [0, 0.05) is 0 Å². The van der Waals surface area contributed by atoms with E-state index in [9.17, 15) is 33.5 Å². The van der Waals surface area contributed by atoms with Crippen molar-refractivity contribution < 1.29 is 63.3 Å². The summed E-state index contributed by atoms with van der Waals surface area (Å²) in [6.07, 6.45) is -6.84. The van der Waals surface area contributed by atoms with E-state index in [1.165, 1.54) is 0 Å². The summed E-state index contributed by atoms with van der Waals surface area (Å²) in [5, 5.41) is 43.5. The van der Waals surface area contributed by atoms with E-state index in [1.807, 2.05) is 0 Å². The summed E-state index contributed by atoms with van der Waals surface area (Å²) in [6, 6.07) is 0. The van der Waals surface area contributed by atoms with Crippen LogP contribution in [0.15, 0.2) is 0 Å². The van der Waals surface area contributed by atoms with Crippen LogP contribution in [0, 0.1) is 0 Å². The van der Waals surface area contributed by atoms with Crippen LogP contribution in [0.25, 0.3) is 0 Å². The van der Waals surface area contributed by atoms with Gasteiger partial charge in [-0.25, -0.2) is 0 Å². The Labute approximate surface area is 189 Å². The average Bonchev–Trinajstić information content (AvgIpc) is 2.31. The van der Waals surface area contributed by atoms with E-state index in [4.69, 9.17) is 25.5 Å². The second-order valence-electron chi connectivity index (χ2n) is 3.33. The molecule has 0 fully saturated rings. The zero-order chi connectivity index (χ0) is 17.4. The molecular weight excluding hydrogens is 422 g/mol. The standard InChI is InChI=1S/C6H12O6.2Ca.H4O7P2/c7-1-3(9)5(11)6(12)4(10)2-8;;;1-8(2,3)7-9(4,5)6/h1,3-6,8-12H,2H2;;;(H2,1,2,3)(H2,4,5,6)/q;2*+2;/p-4. The molecule has 128 valence electrons. The van der Waals surface area contributed by atoms with Crippen LogP contribution in [0.4, 0.5) is 0 Å². The van der Waals surface area contributed by atoms with E-state index in [0.717, 1.165) is 0 Å². The SMILES string of the molecule is O=CC(O)C(O)C(O)C(O)CO.O=P([O-])([O-])OP(=O)([O-])[O-].[Ca+2].[Ca+2]. The van der Waals surface area contributed by atoms with Gasteiger partial charge >= 0.3 is 75.5 Å². The molecule has 0 rings (SSSR count). The second kappa shape index (κ2) is 15.3. The van der Waals surface area contributed by atoms with Gasteiger partial charge in [0.05, 0.1) is 22.3 Å². The molecule has 17 heteroatoms. The molecule has 0 radical (unpaired) electrons. The van der Waals surface area contributed by atoms with Crippen molar-refractivity contribution in [2.75, 3.05) is 6.61 Å². The Morgan fingerprint density at radius 1 is 0.913 bits per heavy atom. The summed E-state index contributed by atoms with van der Waals surface area (Å²) in [5.41, 5.74) is 0. The number of rotatable bonds is 7. The third-order valence-electron chi connectivity index (χ3n) is 1.62. The van der Waals surface area contributed by atoms with Crippen LogP contribution in [0.5, 0.6) is 0 Å². The van der Waals surface area contributed by atoms with Crippen molar-refractivity contribution in [2.45, 2.75) is 24.4 Å². The first-order chi connectivity index (χ1) is 9.25. The molecule has 13 nitrogen and oxygen atoms in total. The normalized spacial score (nSPS) is 16.4. The number of carbonyl (C=O) groups is 1. The van der Waals surface area contributed by atoms with E-state index >= 15 is 0 Å². The van der Waals surface area contributed by atoms with Crippen LogP contribution in [0.2, 0.25) is 0 Å². The fourth-order valence-corrected chi connectivity index (χ4v) is 1.72. The average molecular weight is 434 g/mol. The maximum atomic E-state index is 9.90. The number of phosphoric acid groups is 2. The number of hydrogen-bond donors (Lipinski definition) is 5. The molecule has 0 saturated carbocycles. The molecule has 0 bridgehead atoms. The minimum atomic E-state index is -5.68. The largest absolute Gasteiger partial charge is 2.00 e. The topological polar surface area (TPSA) is 254 Å². The number of carbonyl (C=O) groups excluding carboxylic acids is 1. The predicted molar refractivity (Wildman–Crippen MR) is 65.0 cm³/mol. The smallest absolute Gasteiger partial charge is 0.790 e. The van der Waals surface area contributed by atoms with Crippen molar-refractivity contribution in [3.8, 4) is 0 Å². The van der Waals surface area contributed by atoms with E-state index in [2.05, 4.69) is 4.31 Å². The predicted octanol–water partition coefficient (Wildman–Crippen LogP) is -7.48. The Morgan fingerprint density at radius 3 is 1.43 bits per heavy atom. The molecule has 0 aromatic heterocycles. The minimum Gasteiger partial charge on any atom is -0.790 e. The van der Waals surface area contributed by atoms with E-state index in [0.29, 0.717) is 0 Å². The molecule has 4 unspecified atom stereocenters. The third kappa shape index (κ3) is 20.4. The summed E-state index contributed by atoms with van der Waals surface area (Å²) in [6.45, 7) is -0.760. The summed E-state index contributed by atoms with van der Waals surface area (Å²) >= 11 is 0. The molecule has 0 saturated heterocycles. The third-order valence-corrected chi connectivity index (χ3v) is 3.22. The van der Waals surface area contributed by atoms with Crippen molar-refractivity contribution in [1.82, 2.24) is 0 Å². The quantitative estimate of drug-likeness (QED) is 0.142. The molecule has 0 spiro atoms. The van der Waals surface area contributed by atoms with Gasteiger partial charge in [0.25, 0.3) is 0 Å².